The van der Waals surface area contributed by atoms with Crippen LogP contribution >= 0.6 is 0 Å². The molecule has 5 rings (SSSR count). The minimum Gasteiger partial charge on any atom is -0.379 e. The van der Waals surface area contributed by atoms with E-state index in [4.69, 9.17) is 4.74 Å². The van der Waals surface area contributed by atoms with Crippen molar-refractivity contribution in [1.29, 1.82) is 0 Å². The van der Waals surface area contributed by atoms with Crippen molar-refractivity contribution in [3.63, 3.8) is 0 Å². The molecule has 3 aromatic rings. The molecule has 4 heterocycles. The normalized spacial score (nSPS) is 20.1. The Morgan fingerprint density at radius 2 is 2.03 bits per heavy atom. The van der Waals surface area contributed by atoms with Crippen molar-refractivity contribution in [3.8, 4) is 0 Å². The third-order valence-electron chi connectivity index (χ3n) is 6.71. The van der Waals surface area contributed by atoms with Crippen LogP contribution in [0.5, 0.6) is 0 Å². The second kappa shape index (κ2) is 9.76. The van der Waals surface area contributed by atoms with Crippen molar-refractivity contribution in [1.82, 2.24) is 19.9 Å². The number of hydrogen-bond acceptors (Lipinski definition) is 7. The fraction of sp³-hybridized carbons (Fsp3) is 0.480. The maximum Gasteiger partial charge on any atom is 0.138 e. The lowest BCUT2D eigenvalue weighted by molar-refractivity contribution is 0.0209. The first-order valence-electron chi connectivity index (χ1n) is 11.9. The highest BCUT2D eigenvalue weighted by atomic mass is 19.1. The molecule has 9 heteroatoms. The van der Waals surface area contributed by atoms with Gasteiger partial charge < -0.3 is 15.0 Å². The molecular weight excluding hydrogens is 438 g/mol. The Balaban J connectivity index is 1.38. The monoisotopic (exact) mass is 468 g/mol. The zero-order valence-corrected chi connectivity index (χ0v) is 19.6. The van der Waals surface area contributed by atoms with Crippen LogP contribution in [0.4, 0.5) is 20.4 Å². The molecule has 0 aliphatic carbocycles. The van der Waals surface area contributed by atoms with Crippen LogP contribution in [-0.2, 0) is 11.3 Å². The molecule has 0 bridgehead atoms. The number of anilines is 2. The topological polar surface area (TPSA) is 66.4 Å². The average molecular weight is 469 g/mol. The number of nitrogens with zero attached hydrogens (tertiary/aromatic N) is 5. The van der Waals surface area contributed by atoms with Gasteiger partial charge in [0.25, 0.3) is 0 Å². The maximum atomic E-state index is 14.7. The van der Waals surface area contributed by atoms with Crippen molar-refractivity contribution in [2.75, 3.05) is 49.6 Å². The number of rotatable bonds is 6. The van der Waals surface area contributed by atoms with E-state index in [0.717, 1.165) is 62.5 Å². The highest BCUT2D eigenvalue weighted by molar-refractivity contribution is 5.90. The summed E-state index contributed by atoms with van der Waals surface area (Å²) in [6.45, 7) is 8.76. The van der Waals surface area contributed by atoms with E-state index in [1.807, 2.05) is 13.0 Å². The quantitative estimate of drug-likeness (QED) is 0.586. The van der Waals surface area contributed by atoms with Gasteiger partial charge in [-0.25, -0.2) is 23.7 Å². The number of halogens is 2. The average Bonchev–Trinajstić information content (AvgIpc) is 3.34. The Morgan fingerprint density at radius 1 is 1.21 bits per heavy atom. The second-order valence-electron chi connectivity index (χ2n) is 9.01. The number of nitrogens with one attached hydrogen (secondary N) is 1. The van der Waals surface area contributed by atoms with Gasteiger partial charge in [0.15, 0.2) is 0 Å². The van der Waals surface area contributed by atoms with Gasteiger partial charge in [-0.15, -0.1) is 0 Å². The second-order valence-corrected chi connectivity index (χ2v) is 9.01. The number of aromatic nitrogens is 3. The third-order valence-corrected chi connectivity index (χ3v) is 6.71. The number of fused-ring (bicyclic) bond motifs is 1. The molecule has 0 radical (unpaired) electrons. The van der Waals surface area contributed by atoms with Crippen molar-refractivity contribution < 1.29 is 13.5 Å². The van der Waals surface area contributed by atoms with Crippen LogP contribution in [0.3, 0.4) is 0 Å². The predicted molar refractivity (Wildman–Crippen MR) is 128 cm³/mol. The number of pyridine rings is 1. The fourth-order valence-electron chi connectivity index (χ4n) is 4.86. The third kappa shape index (κ3) is 4.67. The lowest BCUT2D eigenvalue weighted by Gasteiger charge is -2.32. The van der Waals surface area contributed by atoms with Crippen molar-refractivity contribution in [2.45, 2.75) is 39.0 Å². The fourth-order valence-corrected chi connectivity index (χ4v) is 4.86. The molecule has 180 valence electrons. The van der Waals surface area contributed by atoms with Gasteiger partial charge in [0, 0.05) is 55.3 Å². The van der Waals surface area contributed by atoms with E-state index in [1.165, 1.54) is 13.0 Å². The van der Waals surface area contributed by atoms with Gasteiger partial charge in [0.1, 0.15) is 29.4 Å². The summed E-state index contributed by atoms with van der Waals surface area (Å²) in [6.07, 6.45) is 1.51. The first-order chi connectivity index (χ1) is 16.5. The Morgan fingerprint density at radius 3 is 2.82 bits per heavy atom. The first kappa shape index (κ1) is 22.9. The summed E-state index contributed by atoms with van der Waals surface area (Å²) < 4.78 is 34.0. The van der Waals surface area contributed by atoms with E-state index in [9.17, 15) is 8.78 Å². The van der Waals surface area contributed by atoms with Crippen LogP contribution < -0.4 is 10.2 Å². The lowest BCUT2D eigenvalue weighted by Crippen LogP contribution is -2.44. The summed E-state index contributed by atoms with van der Waals surface area (Å²) in [7, 11) is 0. The Labute approximate surface area is 198 Å². The van der Waals surface area contributed by atoms with E-state index in [0.29, 0.717) is 23.2 Å². The van der Waals surface area contributed by atoms with Crippen LogP contribution in [-0.4, -0.2) is 65.3 Å². The largest absolute Gasteiger partial charge is 0.379 e. The van der Waals surface area contributed by atoms with Crippen molar-refractivity contribution >= 4 is 22.5 Å². The van der Waals surface area contributed by atoms with Crippen LogP contribution in [0.15, 0.2) is 30.5 Å². The van der Waals surface area contributed by atoms with Gasteiger partial charge in [-0.3, -0.25) is 4.90 Å². The van der Waals surface area contributed by atoms with Crippen LogP contribution in [0.2, 0.25) is 0 Å². The smallest absolute Gasteiger partial charge is 0.138 e. The first-order valence-corrected chi connectivity index (χ1v) is 11.9. The summed E-state index contributed by atoms with van der Waals surface area (Å²) >= 11 is 0. The van der Waals surface area contributed by atoms with Gasteiger partial charge in [-0.05, 0) is 26.3 Å². The molecule has 2 aliphatic heterocycles. The molecular formula is C25H30F2N6O. The van der Waals surface area contributed by atoms with Gasteiger partial charge in [-0.1, -0.05) is 18.2 Å². The Hall–Kier alpha value is -2.91. The van der Waals surface area contributed by atoms with Gasteiger partial charge >= 0.3 is 0 Å². The molecule has 34 heavy (non-hydrogen) atoms. The highest BCUT2D eigenvalue weighted by Crippen LogP contribution is 2.29. The van der Waals surface area contributed by atoms with Gasteiger partial charge in [0.2, 0.25) is 0 Å². The molecule has 0 saturated carbocycles. The zero-order chi connectivity index (χ0) is 23.7. The molecule has 1 aromatic carbocycles. The molecule has 2 fully saturated rings. The molecule has 2 unspecified atom stereocenters. The maximum absolute atomic E-state index is 14.7. The van der Waals surface area contributed by atoms with E-state index in [-0.39, 0.29) is 12.1 Å². The molecule has 2 aliphatic rings. The number of alkyl halides is 1. The number of hydrogen-bond donors (Lipinski definition) is 1. The van der Waals surface area contributed by atoms with Crippen LogP contribution in [0.1, 0.15) is 36.5 Å². The summed E-state index contributed by atoms with van der Waals surface area (Å²) in [5.41, 5.74) is 1.20. The Kier molecular flexibility index (Phi) is 6.56. The molecule has 2 saturated heterocycles. The predicted octanol–water partition coefficient (Wildman–Crippen LogP) is 4.03. The summed E-state index contributed by atoms with van der Waals surface area (Å²) in [4.78, 5) is 18.6. The molecule has 0 amide bonds. The van der Waals surface area contributed by atoms with Crippen molar-refractivity contribution in [2.24, 2.45) is 0 Å². The van der Waals surface area contributed by atoms with Gasteiger partial charge in [0.05, 0.1) is 24.9 Å². The highest BCUT2D eigenvalue weighted by Gasteiger charge is 2.29. The number of ether oxygens (including phenoxy) is 1. The summed E-state index contributed by atoms with van der Waals surface area (Å²) in [6, 6.07) is 7.32. The van der Waals surface area contributed by atoms with Gasteiger partial charge in [-0.2, -0.15) is 0 Å². The molecule has 2 aromatic heterocycles. The van der Waals surface area contributed by atoms with E-state index in [2.05, 4.69) is 30.1 Å². The summed E-state index contributed by atoms with van der Waals surface area (Å²) in [5.74, 6) is 1.59. The minimum absolute atomic E-state index is 0.0679. The standard InChI is InChI=1S/C25H30F2N6O/c1-16(26)20-5-3-4-18(24(20)27)13-29-25-21-12-23(28-14-22(21)30-17(2)31-25)33-7-6-19(15-33)32-8-10-34-11-9-32/h3-5,12,14,16,19H,6-11,13,15H2,1-2H3,(H,29,30,31). The SMILES string of the molecule is Cc1nc(NCc2cccc(C(C)F)c2F)c2cc(N3CCC(N4CCOCC4)C3)ncc2n1. The number of aryl methyl sites for hydroxylation is 1. The summed E-state index contributed by atoms with van der Waals surface area (Å²) in [5, 5.41) is 4.08. The molecule has 0 spiro atoms. The number of benzene rings is 1. The minimum atomic E-state index is -1.36. The van der Waals surface area contributed by atoms with Crippen LogP contribution in [0.25, 0.3) is 10.9 Å². The molecule has 2 atom stereocenters. The van der Waals surface area contributed by atoms with Crippen LogP contribution in [0, 0.1) is 12.7 Å². The Bertz CT molecular complexity index is 1170. The van der Waals surface area contributed by atoms with E-state index >= 15 is 0 Å². The zero-order valence-electron chi connectivity index (χ0n) is 19.6. The van der Waals surface area contributed by atoms with E-state index < -0.39 is 12.0 Å². The lowest BCUT2D eigenvalue weighted by atomic mass is 10.1. The molecule has 1 N–H and O–H groups in total. The molecule has 7 nitrogen and oxygen atoms in total. The van der Waals surface area contributed by atoms with E-state index in [1.54, 1.807) is 18.3 Å². The number of morpholine rings is 1. The van der Waals surface area contributed by atoms with Crippen molar-refractivity contribution in [3.05, 3.63) is 53.2 Å².